The fourth-order valence-corrected chi connectivity index (χ4v) is 1.17. The number of carboxylic acids is 1. The molecule has 0 aliphatic carbocycles. The number of hydrogen-bond donors (Lipinski definition) is 1. The average molecular weight is 213 g/mol. The Hall–Kier alpha value is -1.09. The zero-order valence-corrected chi connectivity index (χ0v) is 9.87. The smallest absolute Gasteiger partial charge is 0.0642 e. The molecule has 4 N–H and O–H groups in total. The van der Waals surface area contributed by atoms with Crippen molar-refractivity contribution in [2.45, 2.75) is 45.4 Å². The second-order valence-electron chi connectivity index (χ2n) is 3.31. The second kappa shape index (κ2) is 12.9. The highest BCUT2D eigenvalue weighted by atomic mass is 16.4. The molecule has 0 spiro atoms. The van der Waals surface area contributed by atoms with Crippen LogP contribution < -0.4 is 11.3 Å². The van der Waals surface area contributed by atoms with E-state index in [9.17, 15) is 9.90 Å². The SMILES string of the molecule is CCCCCCCC=CC=CC(=O)[O-].[NH4+]. The number of rotatable bonds is 8. The highest BCUT2D eigenvalue weighted by Gasteiger charge is 1.85. The minimum Gasteiger partial charge on any atom is -0.545 e. The third-order valence-corrected chi connectivity index (χ3v) is 1.95. The Kier molecular flexibility index (Phi) is 14.1. The van der Waals surface area contributed by atoms with Crippen molar-refractivity contribution >= 4 is 5.97 Å². The second-order valence-corrected chi connectivity index (χ2v) is 3.31. The van der Waals surface area contributed by atoms with Gasteiger partial charge in [0.1, 0.15) is 0 Å². The summed E-state index contributed by atoms with van der Waals surface area (Å²) in [7, 11) is 0. The molecular weight excluding hydrogens is 190 g/mol. The minimum absolute atomic E-state index is 0. The molecular formula is C12H23NO2. The van der Waals surface area contributed by atoms with E-state index < -0.39 is 5.97 Å². The molecule has 0 heterocycles. The lowest BCUT2D eigenvalue weighted by Crippen LogP contribution is -2.18. The first-order valence-electron chi connectivity index (χ1n) is 5.31. The van der Waals surface area contributed by atoms with Crippen LogP contribution >= 0.6 is 0 Å². The van der Waals surface area contributed by atoms with E-state index in [-0.39, 0.29) is 6.15 Å². The van der Waals surface area contributed by atoms with E-state index in [1.807, 2.05) is 6.08 Å². The van der Waals surface area contributed by atoms with Crippen LogP contribution in [0.1, 0.15) is 45.4 Å². The molecule has 0 bridgehead atoms. The molecule has 0 aromatic heterocycles. The van der Waals surface area contributed by atoms with Crippen LogP contribution in [0, 0.1) is 0 Å². The number of hydrogen-bond acceptors (Lipinski definition) is 2. The predicted molar refractivity (Wildman–Crippen MR) is 62.6 cm³/mol. The van der Waals surface area contributed by atoms with Gasteiger partial charge in [0.05, 0.1) is 5.97 Å². The predicted octanol–water partition coefficient (Wildman–Crippen LogP) is 2.59. The van der Waals surface area contributed by atoms with Crippen LogP contribution in [0.5, 0.6) is 0 Å². The summed E-state index contributed by atoms with van der Waals surface area (Å²) in [5.74, 6) is -1.14. The van der Waals surface area contributed by atoms with Gasteiger partial charge in [-0.3, -0.25) is 0 Å². The van der Waals surface area contributed by atoms with E-state index in [0.717, 1.165) is 12.5 Å². The summed E-state index contributed by atoms with van der Waals surface area (Å²) < 4.78 is 0. The zero-order valence-electron chi connectivity index (χ0n) is 9.87. The van der Waals surface area contributed by atoms with E-state index in [4.69, 9.17) is 0 Å². The molecule has 3 nitrogen and oxygen atoms in total. The monoisotopic (exact) mass is 213 g/mol. The number of aliphatic carboxylic acids is 1. The van der Waals surface area contributed by atoms with Gasteiger partial charge in [-0.05, 0) is 18.9 Å². The van der Waals surface area contributed by atoms with Gasteiger partial charge >= 0.3 is 0 Å². The van der Waals surface area contributed by atoms with E-state index in [2.05, 4.69) is 6.92 Å². The number of unbranched alkanes of at least 4 members (excludes halogenated alkanes) is 5. The molecule has 15 heavy (non-hydrogen) atoms. The van der Waals surface area contributed by atoms with Crippen LogP contribution in [-0.2, 0) is 4.79 Å². The molecule has 0 saturated carbocycles. The normalized spacial score (nSPS) is 10.7. The van der Waals surface area contributed by atoms with Gasteiger partial charge in [-0.25, -0.2) is 0 Å². The first kappa shape index (κ1) is 16.3. The Labute approximate surface area is 92.5 Å². The molecule has 0 rings (SSSR count). The molecule has 0 aliphatic rings. The van der Waals surface area contributed by atoms with Crippen molar-refractivity contribution in [3.8, 4) is 0 Å². The van der Waals surface area contributed by atoms with Gasteiger partial charge in [0.15, 0.2) is 0 Å². The summed E-state index contributed by atoms with van der Waals surface area (Å²) >= 11 is 0. The first-order valence-corrected chi connectivity index (χ1v) is 5.31. The number of carbonyl (C=O) groups is 1. The molecule has 88 valence electrons. The molecule has 0 fully saturated rings. The van der Waals surface area contributed by atoms with Crippen LogP contribution in [0.25, 0.3) is 0 Å². The highest BCUT2D eigenvalue weighted by Crippen LogP contribution is 2.05. The average Bonchev–Trinajstić information content (AvgIpc) is 2.15. The van der Waals surface area contributed by atoms with Crippen LogP contribution in [0.15, 0.2) is 24.3 Å². The van der Waals surface area contributed by atoms with E-state index in [1.165, 1.54) is 38.2 Å². The third kappa shape index (κ3) is 15.6. The minimum atomic E-state index is -1.14. The summed E-state index contributed by atoms with van der Waals surface area (Å²) in [4.78, 5) is 9.97. The Morgan fingerprint density at radius 2 is 1.80 bits per heavy atom. The van der Waals surface area contributed by atoms with Crippen molar-refractivity contribution < 1.29 is 9.90 Å². The summed E-state index contributed by atoms with van der Waals surface area (Å²) in [6.07, 6.45) is 13.7. The maximum Gasteiger partial charge on any atom is 0.0642 e. The van der Waals surface area contributed by atoms with Crippen molar-refractivity contribution in [2.24, 2.45) is 0 Å². The van der Waals surface area contributed by atoms with Crippen LogP contribution in [0.2, 0.25) is 0 Å². The maximum absolute atomic E-state index is 9.97. The summed E-state index contributed by atoms with van der Waals surface area (Å²) in [5.41, 5.74) is 0. The molecule has 0 aromatic carbocycles. The lowest BCUT2D eigenvalue weighted by Gasteiger charge is -1.95. The number of carboxylic acid groups (broad SMARTS) is 1. The highest BCUT2D eigenvalue weighted by molar-refractivity contribution is 5.77. The maximum atomic E-state index is 9.97. The van der Waals surface area contributed by atoms with E-state index in [1.54, 1.807) is 6.08 Å². The van der Waals surface area contributed by atoms with Gasteiger partial charge in [0, 0.05) is 0 Å². The molecule has 0 aromatic rings. The van der Waals surface area contributed by atoms with Crippen LogP contribution in [0.4, 0.5) is 0 Å². The third-order valence-electron chi connectivity index (χ3n) is 1.95. The Bertz CT molecular complexity index is 198. The lowest BCUT2D eigenvalue weighted by molar-refractivity contribution is -0.297. The summed E-state index contributed by atoms with van der Waals surface area (Å²) in [5, 5.41) is 9.97. The van der Waals surface area contributed by atoms with E-state index in [0.29, 0.717) is 0 Å². The van der Waals surface area contributed by atoms with Crippen molar-refractivity contribution in [2.75, 3.05) is 0 Å². The quantitative estimate of drug-likeness (QED) is 0.382. The lowest BCUT2D eigenvalue weighted by atomic mass is 10.1. The molecule has 0 atom stereocenters. The molecule has 0 amide bonds. The number of quaternary nitrogens is 1. The summed E-state index contributed by atoms with van der Waals surface area (Å²) in [6.45, 7) is 2.20. The van der Waals surface area contributed by atoms with Gasteiger partial charge in [-0.1, -0.05) is 50.8 Å². The Morgan fingerprint density at radius 3 is 2.40 bits per heavy atom. The topological polar surface area (TPSA) is 76.6 Å². The Morgan fingerprint density at radius 1 is 1.13 bits per heavy atom. The standard InChI is InChI=1S/C12H20O2.H3N/c1-2-3-4-5-6-7-8-9-10-11-12(13)14;/h8-11H,2-7H2,1H3,(H,13,14);1H3. The van der Waals surface area contributed by atoms with E-state index >= 15 is 0 Å². The summed E-state index contributed by atoms with van der Waals surface area (Å²) in [6, 6.07) is 0. The number of allylic oxidation sites excluding steroid dienone is 3. The van der Waals surface area contributed by atoms with Crippen molar-refractivity contribution in [3.63, 3.8) is 0 Å². The molecule has 0 aliphatic heterocycles. The van der Waals surface area contributed by atoms with Crippen LogP contribution in [0.3, 0.4) is 0 Å². The zero-order chi connectivity index (χ0) is 10.6. The van der Waals surface area contributed by atoms with Crippen molar-refractivity contribution in [3.05, 3.63) is 24.3 Å². The number of carbonyl (C=O) groups excluding carboxylic acids is 1. The molecule has 0 saturated heterocycles. The van der Waals surface area contributed by atoms with Gasteiger partial charge in [-0.2, -0.15) is 0 Å². The molecule has 0 radical (unpaired) electrons. The first-order chi connectivity index (χ1) is 6.77. The van der Waals surface area contributed by atoms with Crippen LogP contribution in [-0.4, -0.2) is 5.97 Å². The van der Waals surface area contributed by atoms with Gasteiger partial charge in [0.25, 0.3) is 0 Å². The fraction of sp³-hybridized carbons (Fsp3) is 0.583. The Balaban J connectivity index is 0. The molecule has 3 heteroatoms. The van der Waals surface area contributed by atoms with Gasteiger partial charge in [-0.15, -0.1) is 0 Å². The molecule has 0 unspecified atom stereocenters. The van der Waals surface area contributed by atoms with Gasteiger partial charge < -0.3 is 16.1 Å². The van der Waals surface area contributed by atoms with Crippen molar-refractivity contribution in [1.29, 1.82) is 0 Å². The van der Waals surface area contributed by atoms with Gasteiger partial charge in [0.2, 0.25) is 0 Å². The largest absolute Gasteiger partial charge is 0.545 e. The van der Waals surface area contributed by atoms with Crippen molar-refractivity contribution in [1.82, 2.24) is 6.15 Å². The fourth-order valence-electron chi connectivity index (χ4n) is 1.17.